The van der Waals surface area contributed by atoms with Gasteiger partial charge in [0.2, 0.25) is 5.91 Å². The topological polar surface area (TPSA) is 49.0 Å². The molecule has 0 radical (unpaired) electrons. The molecule has 0 saturated carbocycles. The van der Waals surface area contributed by atoms with Crippen molar-refractivity contribution in [2.75, 3.05) is 7.05 Å². The van der Waals surface area contributed by atoms with Gasteiger partial charge in [0.05, 0.1) is 18.6 Å². The van der Waals surface area contributed by atoms with E-state index in [1.54, 1.807) is 24.5 Å². The summed E-state index contributed by atoms with van der Waals surface area (Å²) in [5.41, 5.74) is 0.947. The van der Waals surface area contributed by atoms with Gasteiger partial charge in [0.15, 0.2) is 0 Å². The minimum Gasteiger partial charge on any atom is -0.347 e. The lowest BCUT2D eigenvalue weighted by Crippen LogP contribution is -2.23. The van der Waals surface area contributed by atoms with E-state index in [1.807, 2.05) is 0 Å². The minimum absolute atomic E-state index is 0.0552. The lowest BCUT2D eigenvalue weighted by Gasteiger charge is -2.12. The highest BCUT2D eigenvalue weighted by Gasteiger charge is 2.02. The number of carbonyl (C=O) groups excluding carboxylic acids is 1. The van der Waals surface area contributed by atoms with Crippen LogP contribution in [0.3, 0.4) is 0 Å². The third-order valence-corrected chi connectivity index (χ3v) is 1.50. The first-order valence-electron chi connectivity index (χ1n) is 3.39. The fraction of sp³-hybridized carbons (Fsp3) is 0.429. The van der Waals surface area contributed by atoms with Crippen LogP contribution in [-0.4, -0.2) is 27.8 Å². The molecule has 0 spiro atoms. The van der Waals surface area contributed by atoms with Gasteiger partial charge in [0.1, 0.15) is 0 Å². The van der Waals surface area contributed by atoms with Crippen molar-refractivity contribution in [1.29, 1.82) is 0 Å². The first-order valence-corrected chi connectivity index (χ1v) is 3.39. The van der Waals surface area contributed by atoms with Crippen LogP contribution in [0.15, 0.2) is 12.5 Å². The molecule has 0 saturated heterocycles. The molecular formula is C7H11N3O. The molecule has 0 aliphatic heterocycles. The summed E-state index contributed by atoms with van der Waals surface area (Å²) < 4.78 is 0. The van der Waals surface area contributed by atoms with Gasteiger partial charge in [0, 0.05) is 20.2 Å². The number of H-pyrrole nitrogens is 1. The van der Waals surface area contributed by atoms with Gasteiger partial charge in [-0.05, 0) is 0 Å². The van der Waals surface area contributed by atoms with E-state index in [2.05, 4.69) is 9.97 Å². The minimum atomic E-state index is 0.0552. The summed E-state index contributed by atoms with van der Waals surface area (Å²) in [5, 5.41) is 0. The number of carbonyl (C=O) groups is 1. The lowest BCUT2D eigenvalue weighted by molar-refractivity contribution is -0.128. The summed E-state index contributed by atoms with van der Waals surface area (Å²) in [7, 11) is 1.75. The highest BCUT2D eigenvalue weighted by molar-refractivity contribution is 5.72. The maximum Gasteiger partial charge on any atom is 0.219 e. The molecule has 1 aromatic rings. The molecule has 0 aliphatic rings. The smallest absolute Gasteiger partial charge is 0.219 e. The van der Waals surface area contributed by atoms with Crippen LogP contribution in [0.5, 0.6) is 0 Å². The Morgan fingerprint density at radius 3 is 3.00 bits per heavy atom. The Balaban J connectivity index is 2.50. The highest BCUT2D eigenvalue weighted by atomic mass is 16.2. The second kappa shape index (κ2) is 3.18. The summed E-state index contributed by atoms with van der Waals surface area (Å²) in [6.45, 7) is 2.13. The average molecular weight is 153 g/mol. The van der Waals surface area contributed by atoms with Crippen molar-refractivity contribution >= 4 is 5.91 Å². The number of amides is 1. The second-order valence-electron chi connectivity index (χ2n) is 2.45. The van der Waals surface area contributed by atoms with Gasteiger partial charge < -0.3 is 9.88 Å². The van der Waals surface area contributed by atoms with Gasteiger partial charge in [0.25, 0.3) is 0 Å². The van der Waals surface area contributed by atoms with Gasteiger partial charge in [-0.1, -0.05) is 0 Å². The van der Waals surface area contributed by atoms with Gasteiger partial charge in [-0.3, -0.25) is 4.79 Å². The first kappa shape index (κ1) is 7.78. The van der Waals surface area contributed by atoms with Crippen LogP contribution in [0.25, 0.3) is 0 Å². The Morgan fingerprint density at radius 2 is 2.55 bits per heavy atom. The molecule has 11 heavy (non-hydrogen) atoms. The standard InChI is InChI=1S/C7H11N3O/c1-6(11)10(2)4-7-3-8-5-9-7/h3,5H,4H2,1-2H3,(H,8,9). The van der Waals surface area contributed by atoms with Crippen molar-refractivity contribution in [3.05, 3.63) is 18.2 Å². The molecule has 60 valence electrons. The Morgan fingerprint density at radius 1 is 1.82 bits per heavy atom. The van der Waals surface area contributed by atoms with E-state index in [9.17, 15) is 4.79 Å². The maximum absolute atomic E-state index is 10.8. The summed E-state index contributed by atoms with van der Waals surface area (Å²) in [6.07, 6.45) is 3.31. The molecule has 1 rings (SSSR count). The Bertz CT molecular complexity index is 230. The van der Waals surface area contributed by atoms with Crippen molar-refractivity contribution < 1.29 is 4.79 Å². The van der Waals surface area contributed by atoms with Gasteiger partial charge >= 0.3 is 0 Å². The molecule has 1 amide bonds. The third kappa shape index (κ3) is 2.07. The monoisotopic (exact) mass is 153 g/mol. The van der Waals surface area contributed by atoms with Gasteiger partial charge in [-0.15, -0.1) is 0 Å². The number of aromatic amines is 1. The molecule has 1 N–H and O–H groups in total. The number of aromatic nitrogens is 2. The van der Waals surface area contributed by atoms with E-state index in [1.165, 1.54) is 6.92 Å². The molecule has 4 heteroatoms. The van der Waals surface area contributed by atoms with E-state index in [0.717, 1.165) is 5.69 Å². The number of imidazole rings is 1. The van der Waals surface area contributed by atoms with Crippen LogP contribution < -0.4 is 0 Å². The summed E-state index contributed by atoms with van der Waals surface area (Å²) in [6, 6.07) is 0. The van der Waals surface area contributed by atoms with E-state index in [-0.39, 0.29) is 5.91 Å². The van der Waals surface area contributed by atoms with E-state index < -0.39 is 0 Å². The van der Waals surface area contributed by atoms with E-state index in [0.29, 0.717) is 6.54 Å². The molecule has 0 unspecified atom stereocenters. The molecule has 0 atom stereocenters. The summed E-state index contributed by atoms with van der Waals surface area (Å²) in [4.78, 5) is 19.1. The summed E-state index contributed by atoms with van der Waals surface area (Å²) >= 11 is 0. The van der Waals surface area contributed by atoms with Crippen molar-refractivity contribution in [3.63, 3.8) is 0 Å². The second-order valence-corrected chi connectivity index (χ2v) is 2.45. The Hall–Kier alpha value is -1.32. The molecule has 0 bridgehead atoms. The molecular weight excluding hydrogens is 142 g/mol. The molecule has 1 aromatic heterocycles. The number of hydrogen-bond donors (Lipinski definition) is 1. The number of rotatable bonds is 2. The largest absolute Gasteiger partial charge is 0.347 e. The number of nitrogens with zero attached hydrogens (tertiary/aromatic N) is 2. The van der Waals surface area contributed by atoms with Crippen molar-refractivity contribution in [1.82, 2.24) is 14.9 Å². The number of hydrogen-bond acceptors (Lipinski definition) is 2. The van der Waals surface area contributed by atoms with Crippen molar-refractivity contribution in [2.24, 2.45) is 0 Å². The molecule has 4 nitrogen and oxygen atoms in total. The SMILES string of the molecule is CC(=O)N(C)Cc1cnc[nH]1. The quantitative estimate of drug-likeness (QED) is 0.668. The van der Waals surface area contributed by atoms with Gasteiger partial charge in [-0.2, -0.15) is 0 Å². The Labute approximate surface area is 65.2 Å². The molecule has 0 aromatic carbocycles. The van der Waals surface area contributed by atoms with Gasteiger partial charge in [-0.25, -0.2) is 4.98 Å². The fourth-order valence-electron chi connectivity index (χ4n) is 0.738. The van der Waals surface area contributed by atoms with Crippen molar-refractivity contribution in [2.45, 2.75) is 13.5 Å². The van der Waals surface area contributed by atoms with E-state index in [4.69, 9.17) is 0 Å². The number of nitrogens with one attached hydrogen (secondary N) is 1. The van der Waals surface area contributed by atoms with Crippen LogP contribution >= 0.6 is 0 Å². The van der Waals surface area contributed by atoms with E-state index >= 15 is 0 Å². The lowest BCUT2D eigenvalue weighted by atomic mass is 10.4. The Kier molecular flexibility index (Phi) is 2.25. The fourth-order valence-corrected chi connectivity index (χ4v) is 0.738. The molecule has 0 fully saturated rings. The van der Waals surface area contributed by atoms with Crippen LogP contribution in [-0.2, 0) is 11.3 Å². The third-order valence-electron chi connectivity index (χ3n) is 1.50. The first-order chi connectivity index (χ1) is 5.20. The summed E-state index contributed by atoms with van der Waals surface area (Å²) in [5.74, 6) is 0.0552. The highest BCUT2D eigenvalue weighted by Crippen LogP contribution is 1.96. The van der Waals surface area contributed by atoms with Crippen LogP contribution in [0.1, 0.15) is 12.6 Å². The predicted molar refractivity (Wildman–Crippen MR) is 40.7 cm³/mol. The zero-order chi connectivity index (χ0) is 8.27. The molecule has 1 heterocycles. The average Bonchev–Trinajstić information content (AvgIpc) is 2.39. The van der Waals surface area contributed by atoms with Crippen molar-refractivity contribution in [3.8, 4) is 0 Å². The van der Waals surface area contributed by atoms with Crippen LogP contribution in [0.4, 0.5) is 0 Å². The normalized spacial score (nSPS) is 9.64. The predicted octanol–water partition coefficient (Wildman–Crippen LogP) is 0.388. The zero-order valence-corrected chi connectivity index (χ0v) is 6.66. The zero-order valence-electron chi connectivity index (χ0n) is 6.66. The molecule has 0 aliphatic carbocycles. The van der Waals surface area contributed by atoms with Crippen LogP contribution in [0.2, 0.25) is 0 Å². The maximum atomic E-state index is 10.8. The van der Waals surface area contributed by atoms with Crippen LogP contribution in [0, 0.1) is 0 Å².